The molecule has 48 heavy (non-hydrogen) atoms. The molecule has 7 aromatic rings. The van der Waals surface area contributed by atoms with Crippen molar-refractivity contribution in [3.8, 4) is 22.5 Å². The minimum absolute atomic E-state index is 0. The smallest absolute Gasteiger partial charge is 0.216 e. The summed E-state index contributed by atoms with van der Waals surface area (Å²) < 4.78 is 63.7. The van der Waals surface area contributed by atoms with Crippen LogP contribution in [-0.4, -0.2) is 15.0 Å². The summed E-state index contributed by atoms with van der Waals surface area (Å²) in [6, 6.07) is 31.1. The molecular formula is C43H41IrN3O-2. The van der Waals surface area contributed by atoms with Crippen LogP contribution < -0.4 is 0 Å². The van der Waals surface area contributed by atoms with Crippen molar-refractivity contribution < 1.29 is 34.1 Å². The molecule has 1 radical (unpaired) electrons. The van der Waals surface area contributed by atoms with Crippen LogP contribution in [0.2, 0.25) is 0 Å². The van der Waals surface area contributed by atoms with E-state index in [0.717, 1.165) is 16.6 Å². The Hall–Kier alpha value is -4.44. The first-order valence-electron chi connectivity index (χ1n) is 19.0. The van der Waals surface area contributed by atoms with E-state index >= 15 is 0 Å². The van der Waals surface area contributed by atoms with E-state index in [-0.39, 0.29) is 31.5 Å². The van der Waals surface area contributed by atoms with Crippen molar-refractivity contribution in [2.45, 2.75) is 61.1 Å². The van der Waals surface area contributed by atoms with Gasteiger partial charge in [-0.15, -0.1) is 53.6 Å². The van der Waals surface area contributed by atoms with E-state index in [9.17, 15) is 0 Å². The predicted octanol–water partition coefficient (Wildman–Crippen LogP) is 10.8. The number of aromatic nitrogens is 3. The first-order chi connectivity index (χ1) is 25.3. The van der Waals surface area contributed by atoms with Crippen molar-refractivity contribution in [1.29, 1.82) is 0 Å². The van der Waals surface area contributed by atoms with Gasteiger partial charge in [0.15, 0.2) is 0 Å². The SMILES string of the molecule is Cc1c[c-]c(-c2cc(C)c(C)cn2)cc1.[2H]C([2H])([2H])c1ccc2c(n1)oc1c(-c3cc(C([2H])([2H])c4ccc(C([2H])([2H])C(C)(C)C)cc4)ccn3)[c-]ccc12.[Ir]. The summed E-state index contributed by atoms with van der Waals surface area (Å²) in [6.07, 6.45) is -0.0291. The number of benzene rings is 3. The van der Waals surface area contributed by atoms with Crippen LogP contribution >= 0.6 is 0 Å². The number of hydrogen-bond donors (Lipinski definition) is 0. The molecule has 0 spiro atoms. The van der Waals surface area contributed by atoms with Crippen LogP contribution in [0.25, 0.3) is 44.6 Å². The van der Waals surface area contributed by atoms with Gasteiger partial charge in [-0.1, -0.05) is 80.6 Å². The summed E-state index contributed by atoms with van der Waals surface area (Å²) in [6.45, 7) is 9.38. The molecule has 0 unspecified atom stereocenters. The fourth-order valence-corrected chi connectivity index (χ4v) is 5.13. The van der Waals surface area contributed by atoms with E-state index in [1.54, 1.807) is 48.5 Å². The molecule has 4 nitrogen and oxygen atoms in total. The zero-order chi connectivity index (χ0) is 39.2. The van der Waals surface area contributed by atoms with Gasteiger partial charge in [-0.25, -0.2) is 4.98 Å². The minimum atomic E-state index is -2.36. The summed E-state index contributed by atoms with van der Waals surface area (Å²) in [4.78, 5) is 13.1. The minimum Gasteiger partial charge on any atom is -0.486 e. The largest absolute Gasteiger partial charge is 0.486 e. The summed E-state index contributed by atoms with van der Waals surface area (Å²) in [5, 5.41) is 1.39. The summed E-state index contributed by atoms with van der Waals surface area (Å²) >= 11 is 0. The number of aryl methyl sites for hydroxylation is 4. The molecule has 0 fully saturated rings. The average Bonchev–Trinajstić information content (AvgIpc) is 3.51. The number of fused-ring (bicyclic) bond motifs is 3. The standard InChI is InChI=1S/C29H27N2O.C14H14N.Ir/c1-19-8-13-24-23-6-5-7-25(27(23)32-28(24)31-19)26-17-22(14-15-30-26)16-20-9-11-21(12-10-20)18-29(2,3)4;1-10-4-6-13(7-5-10)14-8-11(2)12(3)9-15-14;/h5-6,8-15,17H,16,18H2,1-4H3;4-6,8-9H,1-3H3;/q2*-1;/i1D3,16D2,18D2;;. The predicted molar refractivity (Wildman–Crippen MR) is 193 cm³/mol. The molecule has 0 amide bonds. The molecule has 0 bridgehead atoms. The fraction of sp³-hybridized carbons (Fsp3) is 0.233. The molecule has 0 saturated carbocycles. The topological polar surface area (TPSA) is 51.8 Å². The molecule has 4 heterocycles. The quantitative estimate of drug-likeness (QED) is 0.162. The molecule has 7 rings (SSSR count). The van der Waals surface area contributed by atoms with Crippen molar-refractivity contribution in [1.82, 2.24) is 15.0 Å². The van der Waals surface area contributed by atoms with E-state index < -0.39 is 25.0 Å². The maximum atomic E-state index is 8.90. The van der Waals surface area contributed by atoms with Gasteiger partial charge in [-0.05, 0) is 90.7 Å². The van der Waals surface area contributed by atoms with Crippen molar-refractivity contribution in [3.05, 3.63) is 149 Å². The van der Waals surface area contributed by atoms with Crippen LogP contribution in [0.15, 0.2) is 102 Å². The van der Waals surface area contributed by atoms with Crippen LogP contribution in [0.4, 0.5) is 0 Å². The Bertz CT molecular complexity index is 2450. The van der Waals surface area contributed by atoms with Gasteiger partial charge >= 0.3 is 0 Å². The van der Waals surface area contributed by atoms with Crippen LogP contribution in [0.1, 0.15) is 69.4 Å². The van der Waals surface area contributed by atoms with E-state index in [4.69, 9.17) is 14.0 Å². The Labute approximate surface area is 307 Å². The van der Waals surface area contributed by atoms with Gasteiger partial charge in [-0.2, -0.15) is 0 Å². The Morgan fingerprint density at radius 2 is 1.58 bits per heavy atom. The van der Waals surface area contributed by atoms with E-state index in [0.29, 0.717) is 38.9 Å². The number of furan rings is 1. The molecule has 3 aromatic carbocycles. The molecule has 0 aliphatic heterocycles. The third kappa shape index (κ3) is 8.34. The summed E-state index contributed by atoms with van der Waals surface area (Å²) in [5.74, 6) is 0. The van der Waals surface area contributed by atoms with Crippen molar-refractivity contribution in [2.24, 2.45) is 5.41 Å². The van der Waals surface area contributed by atoms with Crippen LogP contribution in [0.3, 0.4) is 0 Å². The maximum absolute atomic E-state index is 8.90. The van der Waals surface area contributed by atoms with Crippen molar-refractivity contribution >= 4 is 22.1 Å². The van der Waals surface area contributed by atoms with Gasteiger partial charge in [-0.3, -0.25) is 0 Å². The van der Waals surface area contributed by atoms with Gasteiger partial charge < -0.3 is 14.4 Å². The Kier molecular flexibility index (Phi) is 8.15. The van der Waals surface area contributed by atoms with Gasteiger partial charge in [0.2, 0.25) is 5.71 Å². The molecular weight excluding hydrogens is 767 g/mol. The van der Waals surface area contributed by atoms with Gasteiger partial charge in [0.05, 0.1) is 5.58 Å². The molecule has 0 saturated heterocycles. The molecule has 0 aliphatic rings. The Balaban J connectivity index is 0.000000304. The van der Waals surface area contributed by atoms with Crippen molar-refractivity contribution in [3.63, 3.8) is 0 Å². The zero-order valence-corrected chi connectivity index (χ0v) is 30.2. The normalized spacial score (nSPS) is 14.2. The van der Waals surface area contributed by atoms with E-state index in [2.05, 4.69) is 66.1 Å². The Morgan fingerprint density at radius 3 is 2.29 bits per heavy atom. The summed E-state index contributed by atoms with van der Waals surface area (Å²) in [5.41, 5.74) is 7.92. The third-order valence-electron chi connectivity index (χ3n) is 7.62. The first-order valence-corrected chi connectivity index (χ1v) is 15.5. The van der Waals surface area contributed by atoms with Crippen molar-refractivity contribution in [2.75, 3.05) is 0 Å². The molecule has 0 aliphatic carbocycles. The van der Waals surface area contributed by atoms with E-state index in [1.807, 2.05) is 39.1 Å². The second-order valence-electron chi connectivity index (χ2n) is 12.7. The van der Waals surface area contributed by atoms with Gasteiger partial charge in [0.25, 0.3) is 0 Å². The average molecular weight is 815 g/mol. The van der Waals surface area contributed by atoms with Crippen LogP contribution in [-0.2, 0) is 32.9 Å². The zero-order valence-electron chi connectivity index (χ0n) is 34.8. The molecule has 245 valence electrons. The van der Waals surface area contributed by atoms with Crippen LogP contribution in [0, 0.1) is 45.2 Å². The third-order valence-corrected chi connectivity index (χ3v) is 7.62. The monoisotopic (exact) mass is 815 g/mol. The number of rotatable bonds is 5. The Morgan fingerprint density at radius 1 is 0.792 bits per heavy atom. The molecule has 5 heteroatoms. The van der Waals surface area contributed by atoms with Gasteiger partial charge in [0.1, 0.15) is 0 Å². The first kappa shape index (κ1) is 26.5. The number of nitrogens with zero attached hydrogens (tertiary/aromatic N) is 3. The molecule has 0 atom stereocenters. The number of hydrogen-bond acceptors (Lipinski definition) is 4. The van der Waals surface area contributed by atoms with Gasteiger partial charge in [0, 0.05) is 53.2 Å². The fourth-order valence-electron chi connectivity index (χ4n) is 5.13. The second-order valence-corrected chi connectivity index (χ2v) is 12.7. The number of pyridine rings is 3. The molecule has 0 N–H and O–H groups in total. The second kappa shape index (κ2) is 14.8. The summed E-state index contributed by atoms with van der Waals surface area (Å²) in [7, 11) is 0. The van der Waals surface area contributed by atoms with E-state index in [1.165, 1.54) is 29.0 Å². The molecule has 4 aromatic heterocycles. The van der Waals surface area contributed by atoms with Crippen LogP contribution in [0.5, 0.6) is 0 Å². The maximum Gasteiger partial charge on any atom is 0.216 e.